The van der Waals surface area contributed by atoms with Gasteiger partial charge in [-0.1, -0.05) is 6.58 Å². The van der Waals surface area contributed by atoms with Gasteiger partial charge in [-0.25, -0.2) is 0 Å². The summed E-state index contributed by atoms with van der Waals surface area (Å²) in [6, 6.07) is 0. The summed E-state index contributed by atoms with van der Waals surface area (Å²) in [6.45, 7) is 3.16. The fourth-order valence-electron chi connectivity index (χ4n) is 0. The summed E-state index contributed by atoms with van der Waals surface area (Å²) < 4.78 is -0.169. The van der Waals surface area contributed by atoms with Gasteiger partial charge in [0.05, 0.1) is 0 Å². The van der Waals surface area contributed by atoms with E-state index >= 15 is 0 Å². The van der Waals surface area contributed by atoms with Crippen molar-refractivity contribution in [2.75, 3.05) is 0 Å². The van der Waals surface area contributed by atoms with Crippen LogP contribution in [0.4, 0.5) is 0 Å². The van der Waals surface area contributed by atoms with E-state index in [4.69, 9.17) is 0 Å². The maximum atomic E-state index is 9.61. The first-order valence-electron chi connectivity index (χ1n) is 1.09. The normalized spacial score (nSPS) is 4.71. The van der Waals surface area contributed by atoms with E-state index in [1.54, 1.807) is 0 Å². The molecule has 0 aromatic rings. The minimum atomic E-state index is -0.169. The number of hydrogen-bond acceptors (Lipinski definition) is 1. The topological polar surface area (TPSA) is 17.1 Å². The fraction of sp³-hybridized carbons (Fsp3) is 0. The Hall–Kier alpha value is 1.15. The fourth-order valence-corrected chi connectivity index (χ4v) is 0. The molecule has 0 aromatic carbocycles. The molecule has 0 amide bonds. The van der Waals surface area contributed by atoms with E-state index in [0.29, 0.717) is 0 Å². The third-order valence-electron chi connectivity index (χ3n) is 0.160. The molecule has 0 spiro atoms. The van der Waals surface area contributed by atoms with Crippen molar-refractivity contribution < 1.29 is 24.3 Å². The molecule has 0 aromatic heterocycles. The molecule has 0 heterocycles. The van der Waals surface area contributed by atoms with Gasteiger partial charge in [0.1, 0.15) is 0 Å². The predicted molar refractivity (Wildman–Crippen MR) is 29.9 cm³/mol. The Labute approximate surface area is 76.9 Å². The molecule has 4 heteroatoms. The molecular weight excluding hydrogens is 267 g/mol. The zero-order chi connectivity index (χ0) is 4.28. The summed E-state index contributed by atoms with van der Waals surface area (Å²) in [4.78, 5) is 9.61. The monoisotopic (exact) mass is 267 g/mol. The minimum Gasteiger partial charge on any atom is -0.282 e. The molecule has 0 rings (SSSR count). The zero-order valence-corrected chi connectivity index (χ0v) is 10.8. The van der Waals surface area contributed by atoms with Crippen molar-refractivity contribution in [2.45, 2.75) is 0 Å². The van der Waals surface area contributed by atoms with E-state index < -0.39 is 0 Å². The molecule has 0 unspecified atom stereocenters. The smallest absolute Gasteiger partial charge is 0.220 e. The molecule has 0 N–H and O–H groups in total. The van der Waals surface area contributed by atoms with Gasteiger partial charge in [0, 0.05) is 39.3 Å². The van der Waals surface area contributed by atoms with Gasteiger partial charge in [0.15, 0.2) is 0 Å². The SMILES string of the molecule is C=CC(=O)Br.[Ga].[Zn]. The van der Waals surface area contributed by atoms with Crippen LogP contribution in [0.3, 0.4) is 0 Å². The second-order valence-electron chi connectivity index (χ2n) is 0.508. The third kappa shape index (κ3) is 19.1. The summed E-state index contributed by atoms with van der Waals surface area (Å²) in [5, 5.41) is 0. The number of hydrogen-bond donors (Lipinski definition) is 0. The molecule has 0 saturated carbocycles. The van der Waals surface area contributed by atoms with E-state index in [2.05, 4.69) is 22.5 Å². The van der Waals surface area contributed by atoms with Crippen molar-refractivity contribution in [1.82, 2.24) is 0 Å². The minimum absolute atomic E-state index is 0. The second-order valence-corrected chi connectivity index (χ2v) is 1.29. The largest absolute Gasteiger partial charge is 0.282 e. The van der Waals surface area contributed by atoms with Crippen LogP contribution >= 0.6 is 15.9 Å². The van der Waals surface area contributed by atoms with Gasteiger partial charge < -0.3 is 0 Å². The van der Waals surface area contributed by atoms with Crippen molar-refractivity contribution in [3.63, 3.8) is 0 Å². The molecule has 33 valence electrons. The first-order chi connectivity index (χ1) is 2.27. The third-order valence-corrected chi connectivity index (χ3v) is 0.484. The Bertz CT molecular complexity index is 66.0. The van der Waals surface area contributed by atoms with Gasteiger partial charge in [-0.2, -0.15) is 0 Å². The molecule has 0 bridgehead atoms. The number of carbonyl (C=O) groups excluding carboxylic acids is 1. The van der Waals surface area contributed by atoms with Crippen LogP contribution in [0.5, 0.6) is 0 Å². The first kappa shape index (κ1) is 15.7. The second kappa shape index (κ2) is 10.2. The summed E-state index contributed by atoms with van der Waals surface area (Å²) in [6.07, 6.45) is 1.19. The zero-order valence-electron chi connectivity index (χ0n) is 3.86. The number of rotatable bonds is 1. The van der Waals surface area contributed by atoms with Crippen LogP contribution < -0.4 is 0 Å². The van der Waals surface area contributed by atoms with Gasteiger partial charge >= 0.3 is 0 Å². The van der Waals surface area contributed by atoms with Gasteiger partial charge in [-0.05, 0) is 22.0 Å². The summed E-state index contributed by atoms with van der Waals surface area (Å²) in [5.41, 5.74) is 0. The van der Waals surface area contributed by atoms with Gasteiger partial charge in [-0.15, -0.1) is 0 Å². The van der Waals surface area contributed by atoms with E-state index in [0.717, 1.165) is 0 Å². The molecular formula is C3H3BrGaOZn. The van der Waals surface area contributed by atoms with Crippen molar-refractivity contribution in [2.24, 2.45) is 0 Å². The van der Waals surface area contributed by atoms with Crippen LogP contribution in [0.25, 0.3) is 0 Å². The van der Waals surface area contributed by atoms with Crippen molar-refractivity contribution in [3.05, 3.63) is 12.7 Å². The molecule has 0 aliphatic rings. The summed E-state index contributed by atoms with van der Waals surface area (Å²) in [5.74, 6) is 0. The van der Waals surface area contributed by atoms with Crippen LogP contribution in [0.1, 0.15) is 0 Å². The maximum absolute atomic E-state index is 9.61. The molecule has 7 heavy (non-hydrogen) atoms. The van der Waals surface area contributed by atoms with Crippen molar-refractivity contribution in [1.29, 1.82) is 0 Å². The van der Waals surface area contributed by atoms with E-state index in [1.807, 2.05) is 0 Å². The standard InChI is InChI=1S/C3H3BrO.Ga.Zn/c1-2-3(4)5;;/h2H,1H2;;. The molecule has 1 nitrogen and oxygen atoms in total. The summed E-state index contributed by atoms with van der Waals surface area (Å²) in [7, 11) is 0. The molecule has 0 aliphatic heterocycles. The first-order valence-corrected chi connectivity index (χ1v) is 1.88. The number of carbonyl (C=O) groups is 1. The molecule has 3 radical (unpaired) electrons. The quantitative estimate of drug-likeness (QED) is 0.389. The Morgan fingerprint density at radius 2 is 1.86 bits per heavy atom. The average molecular weight is 270 g/mol. The molecule has 0 atom stereocenters. The Balaban J connectivity index is -0.0000000800. The Morgan fingerprint density at radius 3 is 1.86 bits per heavy atom. The van der Waals surface area contributed by atoms with Crippen LogP contribution in [-0.4, -0.2) is 24.5 Å². The van der Waals surface area contributed by atoms with E-state index in [-0.39, 0.29) is 44.0 Å². The average Bonchev–Trinajstić information content (AvgIpc) is 1.38. The van der Waals surface area contributed by atoms with Gasteiger partial charge in [0.25, 0.3) is 0 Å². The molecule has 0 saturated heterocycles. The van der Waals surface area contributed by atoms with Crippen LogP contribution in [0.2, 0.25) is 0 Å². The van der Waals surface area contributed by atoms with Crippen molar-refractivity contribution >= 4 is 40.4 Å². The van der Waals surface area contributed by atoms with Crippen LogP contribution in [-0.2, 0) is 24.3 Å². The summed E-state index contributed by atoms with van der Waals surface area (Å²) >= 11 is 2.62. The van der Waals surface area contributed by atoms with Gasteiger partial charge in [0.2, 0.25) is 4.69 Å². The molecule has 0 aliphatic carbocycles. The molecule has 0 fully saturated rings. The number of allylic oxidation sites excluding steroid dienone is 1. The predicted octanol–water partition coefficient (Wildman–Crippen LogP) is 0.711. The van der Waals surface area contributed by atoms with Crippen molar-refractivity contribution in [3.8, 4) is 0 Å². The maximum Gasteiger partial charge on any atom is 0.220 e. The van der Waals surface area contributed by atoms with E-state index in [1.165, 1.54) is 6.08 Å². The van der Waals surface area contributed by atoms with E-state index in [9.17, 15) is 4.79 Å². The van der Waals surface area contributed by atoms with Crippen LogP contribution in [0.15, 0.2) is 12.7 Å². The Morgan fingerprint density at radius 1 is 1.71 bits per heavy atom. The number of halogens is 1. The Kier molecular flexibility index (Phi) is 22.9. The van der Waals surface area contributed by atoms with Gasteiger partial charge in [-0.3, -0.25) is 4.79 Å². The van der Waals surface area contributed by atoms with Crippen LogP contribution in [0, 0.1) is 0 Å².